The van der Waals surface area contributed by atoms with Gasteiger partial charge in [-0.1, -0.05) is 0 Å². The van der Waals surface area contributed by atoms with Crippen LogP contribution in [0.5, 0.6) is 0 Å². The molecule has 0 aromatic carbocycles. The number of nitrogens with zero attached hydrogens (tertiary/aromatic N) is 1. The van der Waals surface area contributed by atoms with E-state index in [4.69, 9.17) is 5.84 Å². The third-order valence-electron chi connectivity index (χ3n) is 2.28. The van der Waals surface area contributed by atoms with E-state index >= 15 is 0 Å². The number of nitrogens with one attached hydrogen (secondary N) is 2. The van der Waals surface area contributed by atoms with Crippen LogP contribution in [0.25, 0.3) is 0 Å². The number of aromatic nitrogens is 1. The van der Waals surface area contributed by atoms with Crippen molar-refractivity contribution in [2.45, 2.75) is 25.8 Å². The number of hydrogen-bond donors (Lipinski definition) is 3. The second-order valence-electron chi connectivity index (χ2n) is 3.77. The lowest BCUT2D eigenvalue weighted by atomic mass is 10.2. The molecule has 5 heteroatoms. The Morgan fingerprint density at radius 2 is 2.27 bits per heavy atom. The van der Waals surface area contributed by atoms with E-state index in [0.29, 0.717) is 17.4 Å². The van der Waals surface area contributed by atoms with Gasteiger partial charge in [-0.2, -0.15) is 0 Å². The minimum atomic E-state index is -0.0560. The van der Waals surface area contributed by atoms with Crippen LogP contribution in [0.1, 0.15) is 28.9 Å². The van der Waals surface area contributed by atoms with Crippen LogP contribution in [0, 0.1) is 6.92 Å². The first-order chi connectivity index (χ1) is 7.19. The molecule has 0 saturated heterocycles. The van der Waals surface area contributed by atoms with Gasteiger partial charge in [-0.3, -0.25) is 4.79 Å². The highest BCUT2D eigenvalue weighted by Gasteiger charge is 2.23. The van der Waals surface area contributed by atoms with E-state index in [1.807, 2.05) is 6.92 Å². The summed E-state index contributed by atoms with van der Waals surface area (Å²) in [6.45, 7) is 1.83. The number of hydrazine groups is 1. The smallest absolute Gasteiger partial charge is 0.251 e. The van der Waals surface area contributed by atoms with Crippen LogP contribution in [0.15, 0.2) is 12.1 Å². The second kappa shape index (κ2) is 3.86. The third kappa shape index (κ3) is 2.44. The summed E-state index contributed by atoms with van der Waals surface area (Å²) in [7, 11) is 0. The van der Waals surface area contributed by atoms with E-state index < -0.39 is 0 Å². The largest absolute Gasteiger partial charge is 0.349 e. The molecule has 1 heterocycles. The number of anilines is 1. The van der Waals surface area contributed by atoms with Crippen molar-refractivity contribution in [3.63, 3.8) is 0 Å². The van der Waals surface area contributed by atoms with Crippen molar-refractivity contribution in [2.75, 3.05) is 5.43 Å². The maximum Gasteiger partial charge on any atom is 0.251 e. The van der Waals surface area contributed by atoms with Crippen molar-refractivity contribution >= 4 is 11.7 Å². The Labute approximate surface area is 88.0 Å². The lowest BCUT2D eigenvalue weighted by molar-refractivity contribution is 0.0951. The summed E-state index contributed by atoms with van der Waals surface area (Å²) in [6, 6.07) is 3.75. The Bertz CT molecular complexity index is 387. The fourth-order valence-electron chi connectivity index (χ4n) is 1.37. The summed E-state index contributed by atoms with van der Waals surface area (Å²) >= 11 is 0. The molecule has 80 valence electrons. The molecular formula is C10H14N4O. The molecule has 0 spiro atoms. The highest BCUT2D eigenvalue weighted by Crippen LogP contribution is 2.19. The van der Waals surface area contributed by atoms with Gasteiger partial charge in [0.2, 0.25) is 0 Å². The zero-order chi connectivity index (χ0) is 10.8. The first kappa shape index (κ1) is 9.92. The van der Waals surface area contributed by atoms with Gasteiger partial charge < -0.3 is 10.7 Å². The van der Waals surface area contributed by atoms with Gasteiger partial charge in [-0.25, -0.2) is 10.8 Å². The summed E-state index contributed by atoms with van der Waals surface area (Å²) in [4.78, 5) is 15.8. The molecule has 1 aromatic rings. The van der Waals surface area contributed by atoms with Gasteiger partial charge in [0.25, 0.3) is 5.91 Å². The second-order valence-corrected chi connectivity index (χ2v) is 3.77. The molecule has 1 fully saturated rings. The van der Waals surface area contributed by atoms with Crippen LogP contribution < -0.4 is 16.6 Å². The van der Waals surface area contributed by atoms with Gasteiger partial charge in [0.15, 0.2) is 0 Å². The minimum Gasteiger partial charge on any atom is -0.349 e. The van der Waals surface area contributed by atoms with Gasteiger partial charge in [-0.15, -0.1) is 0 Å². The number of carbonyl (C=O) groups excluding carboxylic acids is 1. The zero-order valence-electron chi connectivity index (χ0n) is 8.58. The van der Waals surface area contributed by atoms with Crippen LogP contribution in [-0.2, 0) is 0 Å². The number of nitrogen functional groups attached to an aromatic ring is 1. The summed E-state index contributed by atoms with van der Waals surface area (Å²) < 4.78 is 0. The Morgan fingerprint density at radius 3 is 2.87 bits per heavy atom. The molecular weight excluding hydrogens is 192 g/mol. The first-order valence-electron chi connectivity index (χ1n) is 4.95. The minimum absolute atomic E-state index is 0.0560. The molecule has 5 nitrogen and oxygen atoms in total. The van der Waals surface area contributed by atoms with Gasteiger partial charge in [0.05, 0.1) is 0 Å². The molecule has 2 rings (SSSR count). The average molecular weight is 206 g/mol. The quantitative estimate of drug-likeness (QED) is 0.499. The Hall–Kier alpha value is -1.62. The third-order valence-corrected chi connectivity index (χ3v) is 2.28. The lowest BCUT2D eigenvalue weighted by Crippen LogP contribution is -2.25. The molecule has 15 heavy (non-hydrogen) atoms. The fourth-order valence-corrected chi connectivity index (χ4v) is 1.37. The van der Waals surface area contributed by atoms with Crippen LogP contribution in [-0.4, -0.2) is 16.9 Å². The molecule has 1 aliphatic carbocycles. The maximum atomic E-state index is 11.7. The standard InChI is InChI=1S/C10H14N4O/c1-6-4-7(5-9(12-6)14-11)10(15)13-8-2-3-8/h4-5,8H,2-3,11H2,1H3,(H,12,14)(H,13,15). The van der Waals surface area contributed by atoms with Crippen molar-refractivity contribution in [1.82, 2.24) is 10.3 Å². The zero-order valence-corrected chi connectivity index (χ0v) is 8.58. The van der Waals surface area contributed by atoms with Crippen LogP contribution in [0.3, 0.4) is 0 Å². The molecule has 0 aliphatic heterocycles. The SMILES string of the molecule is Cc1cc(C(=O)NC2CC2)cc(NN)n1. The number of amides is 1. The molecule has 0 unspecified atom stereocenters. The van der Waals surface area contributed by atoms with E-state index in [-0.39, 0.29) is 5.91 Å². The molecule has 0 radical (unpaired) electrons. The maximum absolute atomic E-state index is 11.7. The molecule has 1 aliphatic rings. The first-order valence-corrected chi connectivity index (χ1v) is 4.95. The van der Waals surface area contributed by atoms with Crippen molar-refractivity contribution in [1.29, 1.82) is 0 Å². The van der Waals surface area contributed by atoms with E-state index in [1.54, 1.807) is 12.1 Å². The predicted molar refractivity (Wildman–Crippen MR) is 57.3 cm³/mol. The average Bonchev–Trinajstić information content (AvgIpc) is 3.00. The van der Waals surface area contributed by atoms with E-state index in [1.165, 1.54) is 0 Å². The number of aryl methyl sites for hydroxylation is 1. The highest BCUT2D eigenvalue weighted by molar-refractivity contribution is 5.95. The number of carbonyl (C=O) groups is 1. The number of pyridine rings is 1. The molecule has 1 aromatic heterocycles. The molecule has 0 bridgehead atoms. The van der Waals surface area contributed by atoms with Crippen LogP contribution >= 0.6 is 0 Å². The summed E-state index contributed by atoms with van der Waals surface area (Å²) in [5, 5.41) is 2.91. The number of hydrogen-bond acceptors (Lipinski definition) is 4. The van der Waals surface area contributed by atoms with Gasteiger partial charge >= 0.3 is 0 Å². The van der Waals surface area contributed by atoms with Gasteiger partial charge in [0, 0.05) is 17.3 Å². The Kier molecular flexibility index (Phi) is 2.55. The summed E-state index contributed by atoms with van der Waals surface area (Å²) in [5.41, 5.74) is 3.81. The predicted octanol–water partition coefficient (Wildman–Crippen LogP) is 0.568. The van der Waals surface area contributed by atoms with Crippen molar-refractivity contribution in [3.05, 3.63) is 23.4 Å². The molecule has 4 N–H and O–H groups in total. The monoisotopic (exact) mass is 206 g/mol. The van der Waals surface area contributed by atoms with Crippen molar-refractivity contribution < 1.29 is 4.79 Å². The Balaban J connectivity index is 2.17. The molecule has 0 atom stereocenters. The van der Waals surface area contributed by atoms with Gasteiger partial charge in [0.1, 0.15) is 5.82 Å². The highest BCUT2D eigenvalue weighted by atomic mass is 16.1. The Morgan fingerprint density at radius 1 is 1.53 bits per heavy atom. The fraction of sp³-hybridized carbons (Fsp3) is 0.400. The normalized spacial score (nSPS) is 14.8. The van der Waals surface area contributed by atoms with E-state index in [0.717, 1.165) is 18.5 Å². The van der Waals surface area contributed by atoms with Crippen LogP contribution in [0.2, 0.25) is 0 Å². The van der Waals surface area contributed by atoms with Crippen molar-refractivity contribution in [3.8, 4) is 0 Å². The van der Waals surface area contributed by atoms with Gasteiger partial charge in [-0.05, 0) is 31.9 Å². The van der Waals surface area contributed by atoms with E-state index in [9.17, 15) is 4.79 Å². The van der Waals surface area contributed by atoms with Crippen LogP contribution in [0.4, 0.5) is 5.82 Å². The summed E-state index contributed by atoms with van der Waals surface area (Å²) in [5.74, 6) is 5.71. The molecule has 1 amide bonds. The summed E-state index contributed by atoms with van der Waals surface area (Å²) in [6.07, 6.45) is 2.16. The number of nitrogens with two attached hydrogens (primary N) is 1. The topological polar surface area (TPSA) is 80.0 Å². The van der Waals surface area contributed by atoms with Crippen molar-refractivity contribution in [2.24, 2.45) is 5.84 Å². The van der Waals surface area contributed by atoms with E-state index in [2.05, 4.69) is 15.7 Å². The lowest BCUT2D eigenvalue weighted by Gasteiger charge is -2.06. The molecule has 1 saturated carbocycles. The number of rotatable bonds is 3.